The third kappa shape index (κ3) is 25.9. The molecule has 0 aliphatic carbocycles. The molecule has 56 atom stereocenters. The number of nitrogens with one attached hydrogen (secondary N) is 5. The summed E-state index contributed by atoms with van der Waals surface area (Å²) in [7, 11) is 0. The molecule has 62 nitrogen and oxygen atoms in total. The van der Waals surface area contributed by atoms with Crippen molar-refractivity contribution in [2.45, 2.75) is 398 Å². The Morgan fingerprint density at radius 2 is 0.638 bits per heavy atom. The van der Waals surface area contributed by atoms with Gasteiger partial charge in [-0.3, -0.25) is 24.0 Å². The highest BCUT2D eigenvalue weighted by Crippen LogP contribution is 2.43. The zero-order valence-corrected chi connectivity index (χ0v) is 76.3. The molecule has 141 heavy (non-hydrogen) atoms. The number of carbonyl (C=O) groups is 6. The lowest BCUT2D eigenvalue weighted by Crippen LogP contribution is -2.71. The van der Waals surface area contributed by atoms with Crippen LogP contribution in [0, 0.1) is 0 Å². The predicted octanol–water partition coefficient (Wildman–Crippen LogP) is -23.0. The zero-order chi connectivity index (χ0) is 104. The van der Waals surface area contributed by atoms with Crippen LogP contribution in [0.15, 0.2) is 0 Å². The normalized spacial score (nSPS) is 48.3. The van der Waals surface area contributed by atoms with Crippen molar-refractivity contribution in [3.63, 3.8) is 0 Å². The third-order valence-electron chi connectivity index (χ3n) is 25.9. The minimum absolute atomic E-state index is 0.852. The van der Waals surface area contributed by atoms with Crippen molar-refractivity contribution in [3.8, 4) is 0 Å². The Morgan fingerprint density at radius 3 is 1.13 bits per heavy atom. The first-order chi connectivity index (χ1) is 66.4. The van der Waals surface area contributed by atoms with Crippen LogP contribution in [0.25, 0.3) is 0 Å². The Bertz CT molecular complexity index is 3990. The summed E-state index contributed by atoms with van der Waals surface area (Å²) in [5, 5.41) is 350. The van der Waals surface area contributed by atoms with E-state index in [1.165, 1.54) is 13.8 Å². The highest BCUT2D eigenvalue weighted by Gasteiger charge is 2.64. The SMILES string of the molecule is CC(=O)N[C@H]1[C@H](O[C@H]2[C@H](O)[C@@H](NC(C)=O)C(O)O[C@@H]2CO[C@@H]2O[C@@H](C)[C@@H](O)[C@@H](O)[C@@H]2O)O[C@H](CO)[C@@H](O[C@@H]2O[C@H](CO[C@H]3O[C@H](CO)[C@@H](O)[C@H](O)[C@@H]3O[C@@H]3O[C@H](CO)[C@@H](O)[C@H](O[C@@H]4O[C@@H](C)[C@@H](O)[C@@H](O)[C@@H]4O)[C@H]3NC(C)=O)[C@@H](O)[C@H](O[C@H]3O[C@H](CO)[C@@H](O)[C@H](O)[C@@H]3O[C@@H]3O[C@H](CO)[C@@H](O[C@@H]4O[C@H](CO[C@]5(C(=O)O)C[C@H](O)[C@@H](NC(C)=O)[C@H]([C@H](O)[C@H](O)CO)O5)[C@H](O)[C@H](O)[C@H]4O)[C@H](O)[C@H]3NC(C)=O)[C@@H]2O)[C@@H]1O. The Labute approximate surface area is 798 Å². The molecule has 11 heterocycles. The third-order valence-corrected chi connectivity index (χ3v) is 25.9. The van der Waals surface area contributed by atoms with Crippen LogP contribution in [-0.4, -0.2) is 591 Å². The maximum absolute atomic E-state index is 13.4. The quantitative estimate of drug-likeness (QED) is 0.0275. The van der Waals surface area contributed by atoms with Gasteiger partial charge in [0, 0.05) is 41.0 Å². The molecule has 11 aliphatic rings. The molecule has 1 unspecified atom stereocenters. The number of aliphatic hydroxyl groups is 29. The summed E-state index contributed by atoms with van der Waals surface area (Å²) < 4.78 is 125. The van der Waals surface area contributed by atoms with Gasteiger partial charge in [0.25, 0.3) is 5.79 Å². The number of carboxylic acid groups (broad SMARTS) is 1. The average Bonchev–Trinajstić information content (AvgIpc) is 0.771. The van der Waals surface area contributed by atoms with Crippen LogP contribution in [0.2, 0.25) is 0 Å². The van der Waals surface area contributed by atoms with Crippen LogP contribution in [0.3, 0.4) is 0 Å². The summed E-state index contributed by atoms with van der Waals surface area (Å²) >= 11 is 0. The molecule has 0 spiro atoms. The number of hydrogen-bond acceptors (Lipinski definition) is 56. The Hall–Kier alpha value is -5.18. The second-order valence-electron chi connectivity index (χ2n) is 36.0. The maximum atomic E-state index is 13.4. The first-order valence-corrected chi connectivity index (χ1v) is 45.0. The number of carboxylic acids is 1. The molecular weight excluding hydrogens is 1930 g/mol. The standard InChI is InChI=1S/C79H131N5O57/c1-18-40(98)51(109)56(114)72(124-18)121-16-34-62(48(106)36(68(118)126-34)81-21(4)92)134-69-37(82-22(5)93)49(107)61(31(14-90)130-69)136-75-59(117)65(47(105)32(132-75)15-122-76-66(54(112)43(101)27(10-86)128-76)139-71-39(84-24(7)95)63(46(104)29(12-88)127-71)137-73-57(115)52(110)41(99)19(2)125-73)138-77-67(55(113)44(102)28(11-87)129-77)140-70-38(83-23(6)94)50(108)60(30(13-89)131-70)135-74-58(116)53(111)45(103)33(133-74)17-123-79(78(119)120)8-25(96)35(80-20(3)91)64(141-79)42(100)26(97)9-85/h18-19,25-77,85-90,96-118H,8-17H2,1-7H3,(H,80,91)(H,81,92)(H,82,93)(H,83,94)(H,84,95)(H,119,120)/t18-,19-,25-,26+,27+,28+,29+,30+,31+,32+,33+,34+,35+,36+,37+,38+,39+,40+,41+,42+,43+,44+,45-,46+,47+,48+,49+,50+,51+,52+,53-,54-,55-,56-,57-,58+,59-,60+,61+,62+,63+,64+,65-,66-,67-,68?,69-,70-,71-,72+,73-,74-,75-,76-,77+,79+/m0/s1. The van der Waals surface area contributed by atoms with Crippen molar-refractivity contribution < 1.29 is 281 Å². The van der Waals surface area contributed by atoms with Gasteiger partial charge in [0.2, 0.25) is 29.5 Å². The van der Waals surface area contributed by atoms with Crippen LogP contribution in [0.1, 0.15) is 54.9 Å². The second kappa shape index (κ2) is 50.0. The molecule has 11 fully saturated rings. The van der Waals surface area contributed by atoms with E-state index in [0.717, 1.165) is 34.6 Å². The Morgan fingerprint density at radius 1 is 0.305 bits per heavy atom. The summed E-state index contributed by atoms with van der Waals surface area (Å²) in [6.45, 7) is -3.62. The number of amides is 5. The fourth-order valence-corrected chi connectivity index (χ4v) is 18.2. The van der Waals surface area contributed by atoms with Crippen molar-refractivity contribution in [1.29, 1.82) is 0 Å². The number of ether oxygens (including phenoxy) is 21. The van der Waals surface area contributed by atoms with E-state index in [-0.39, 0.29) is 0 Å². The van der Waals surface area contributed by atoms with Crippen LogP contribution < -0.4 is 26.6 Å². The molecule has 814 valence electrons. The lowest BCUT2D eigenvalue weighted by molar-refractivity contribution is -0.399. The summed E-state index contributed by atoms with van der Waals surface area (Å²) in [5.74, 6) is -9.97. The first kappa shape index (κ1) is 116. The molecule has 0 saturated carbocycles. The van der Waals surface area contributed by atoms with Crippen LogP contribution in [-0.2, 0) is 128 Å². The molecule has 0 aromatic rings. The first-order valence-electron chi connectivity index (χ1n) is 45.0. The van der Waals surface area contributed by atoms with Crippen molar-refractivity contribution in [3.05, 3.63) is 0 Å². The van der Waals surface area contributed by atoms with E-state index in [0.29, 0.717) is 0 Å². The number of carbonyl (C=O) groups excluding carboxylic acids is 5. The molecular formula is C79H131N5O57. The summed E-state index contributed by atoms with van der Waals surface area (Å²) in [6.07, 6.45) is -108. The van der Waals surface area contributed by atoms with E-state index in [9.17, 15) is 182 Å². The van der Waals surface area contributed by atoms with Crippen molar-refractivity contribution >= 4 is 35.5 Å². The molecule has 0 aromatic heterocycles. The van der Waals surface area contributed by atoms with E-state index in [1.54, 1.807) is 0 Å². The smallest absolute Gasteiger partial charge is 0.364 e. The Kier molecular flexibility index (Phi) is 41.1. The molecule has 0 bridgehead atoms. The predicted molar refractivity (Wildman–Crippen MR) is 435 cm³/mol. The van der Waals surface area contributed by atoms with E-state index >= 15 is 0 Å². The van der Waals surface area contributed by atoms with Gasteiger partial charge < -0.3 is 279 Å². The summed E-state index contributed by atoms with van der Waals surface area (Å²) in [4.78, 5) is 77.6. The fourth-order valence-electron chi connectivity index (χ4n) is 18.2. The van der Waals surface area contributed by atoms with Gasteiger partial charge in [-0.15, -0.1) is 0 Å². The fraction of sp³-hybridized carbons (Fsp3) is 0.924. The zero-order valence-electron chi connectivity index (χ0n) is 76.3. The van der Waals surface area contributed by atoms with Crippen LogP contribution >= 0.6 is 0 Å². The van der Waals surface area contributed by atoms with E-state index < -0.39 is 444 Å². The number of rotatable bonds is 37. The van der Waals surface area contributed by atoms with Gasteiger partial charge >= 0.3 is 5.97 Å². The molecule has 0 radical (unpaired) electrons. The molecule has 0 aromatic carbocycles. The lowest BCUT2D eigenvalue weighted by atomic mass is 9.88. The van der Waals surface area contributed by atoms with E-state index in [2.05, 4.69) is 26.6 Å². The number of hydrogen-bond donors (Lipinski definition) is 35. The average molecular weight is 2060 g/mol. The molecule has 11 saturated heterocycles. The van der Waals surface area contributed by atoms with Gasteiger partial charge in [0.05, 0.1) is 83.8 Å². The van der Waals surface area contributed by atoms with Gasteiger partial charge in [0.15, 0.2) is 62.9 Å². The number of aliphatic hydroxyl groups excluding tert-OH is 29. The van der Waals surface area contributed by atoms with Gasteiger partial charge in [-0.1, -0.05) is 0 Å². The van der Waals surface area contributed by atoms with Gasteiger partial charge in [0.1, 0.15) is 250 Å². The van der Waals surface area contributed by atoms with E-state index in [4.69, 9.17) is 99.5 Å². The number of aliphatic carboxylic acids is 1. The highest BCUT2D eigenvalue weighted by molar-refractivity contribution is 5.77. The second-order valence-corrected chi connectivity index (χ2v) is 36.0. The van der Waals surface area contributed by atoms with Crippen molar-refractivity contribution in [1.82, 2.24) is 26.6 Å². The van der Waals surface area contributed by atoms with Crippen LogP contribution in [0.5, 0.6) is 0 Å². The van der Waals surface area contributed by atoms with Gasteiger partial charge in [-0.2, -0.15) is 0 Å². The molecule has 35 N–H and O–H groups in total. The monoisotopic (exact) mass is 2060 g/mol. The summed E-state index contributed by atoms with van der Waals surface area (Å²) in [5.41, 5.74) is 0. The highest BCUT2D eigenvalue weighted by atomic mass is 16.8. The minimum Gasteiger partial charge on any atom is -0.477 e. The minimum atomic E-state index is -3.12. The van der Waals surface area contributed by atoms with Gasteiger partial charge in [-0.05, 0) is 13.8 Å². The molecule has 62 heteroatoms. The van der Waals surface area contributed by atoms with E-state index in [1.807, 2.05) is 0 Å². The maximum Gasteiger partial charge on any atom is 0.364 e. The van der Waals surface area contributed by atoms with Gasteiger partial charge in [-0.25, -0.2) is 4.79 Å². The molecule has 11 aliphatic heterocycles. The molecule has 5 amide bonds. The molecule has 11 rings (SSSR count). The Balaban J connectivity index is 0.913. The largest absolute Gasteiger partial charge is 0.477 e. The topological polar surface area (TPSA) is 963 Å². The lowest BCUT2D eigenvalue weighted by Gasteiger charge is -2.51. The van der Waals surface area contributed by atoms with Crippen molar-refractivity contribution in [2.24, 2.45) is 0 Å². The van der Waals surface area contributed by atoms with Crippen LogP contribution in [0.4, 0.5) is 0 Å². The summed E-state index contributed by atoms with van der Waals surface area (Å²) in [6, 6.07) is -9.62. The van der Waals surface area contributed by atoms with Crippen molar-refractivity contribution in [2.75, 3.05) is 59.5 Å².